The summed E-state index contributed by atoms with van der Waals surface area (Å²) < 4.78 is 27.4. The number of sulfonamides is 1. The Hall–Kier alpha value is -1.39. The van der Waals surface area contributed by atoms with Crippen molar-refractivity contribution in [3.8, 4) is 0 Å². The normalized spacial score (nSPS) is 15.7. The Kier molecular flexibility index (Phi) is 4.00. The van der Waals surface area contributed by atoms with Gasteiger partial charge in [0.2, 0.25) is 10.0 Å². The molecule has 0 unspecified atom stereocenters. The maximum atomic E-state index is 12.9. The molecule has 1 aliphatic carbocycles. The van der Waals surface area contributed by atoms with E-state index in [0.29, 0.717) is 23.9 Å². The third-order valence-electron chi connectivity index (χ3n) is 3.99. The van der Waals surface area contributed by atoms with Gasteiger partial charge in [-0.25, -0.2) is 8.42 Å². The van der Waals surface area contributed by atoms with E-state index in [9.17, 15) is 8.42 Å². The standard InChI is InChI=1S/C17H21NO2S/c1-2-11-18(13-14-7-8-14)21(19,20)17-10-9-15-5-3-4-6-16(15)12-17/h3-6,9-10,12,14H,2,7-8,11,13H2,1H3. The molecule has 0 N–H and O–H groups in total. The first-order valence-electron chi connectivity index (χ1n) is 7.60. The van der Waals surface area contributed by atoms with E-state index in [1.807, 2.05) is 37.3 Å². The lowest BCUT2D eigenvalue weighted by Crippen LogP contribution is -2.33. The summed E-state index contributed by atoms with van der Waals surface area (Å²) in [4.78, 5) is 0.412. The Morgan fingerprint density at radius 2 is 1.81 bits per heavy atom. The smallest absolute Gasteiger partial charge is 0.207 e. The Bertz CT molecular complexity index is 735. The fourth-order valence-electron chi connectivity index (χ4n) is 2.62. The van der Waals surface area contributed by atoms with Gasteiger partial charge in [-0.3, -0.25) is 0 Å². The first-order valence-corrected chi connectivity index (χ1v) is 9.04. The monoisotopic (exact) mass is 303 g/mol. The number of rotatable bonds is 6. The molecule has 0 spiro atoms. The minimum Gasteiger partial charge on any atom is -0.207 e. The lowest BCUT2D eigenvalue weighted by atomic mass is 10.1. The first-order chi connectivity index (χ1) is 10.1. The van der Waals surface area contributed by atoms with Crippen molar-refractivity contribution >= 4 is 20.8 Å². The molecule has 0 bridgehead atoms. The van der Waals surface area contributed by atoms with Crippen LogP contribution in [0.1, 0.15) is 26.2 Å². The molecule has 1 aliphatic rings. The van der Waals surface area contributed by atoms with Crippen LogP contribution in [-0.2, 0) is 10.0 Å². The van der Waals surface area contributed by atoms with Crippen LogP contribution in [0.25, 0.3) is 10.8 Å². The zero-order chi connectivity index (χ0) is 14.9. The summed E-state index contributed by atoms with van der Waals surface area (Å²) in [6.07, 6.45) is 3.17. The molecule has 0 aromatic heterocycles. The fraction of sp³-hybridized carbons (Fsp3) is 0.412. The van der Waals surface area contributed by atoms with E-state index in [4.69, 9.17) is 0 Å². The summed E-state index contributed by atoms with van der Waals surface area (Å²) in [7, 11) is -3.38. The molecule has 21 heavy (non-hydrogen) atoms. The van der Waals surface area contributed by atoms with Gasteiger partial charge in [-0.05, 0) is 48.1 Å². The summed E-state index contributed by atoms with van der Waals surface area (Å²) >= 11 is 0. The summed E-state index contributed by atoms with van der Waals surface area (Å²) in [5.74, 6) is 0.562. The lowest BCUT2D eigenvalue weighted by molar-refractivity contribution is 0.396. The van der Waals surface area contributed by atoms with Crippen molar-refractivity contribution in [2.24, 2.45) is 5.92 Å². The second kappa shape index (κ2) is 5.78. The topological polar surface area (TPSA) is 37.4 Å². The van der Waals surface area contributed by atoms with Crippen molar-refractivity contribution in [2.45, 2.75) is 31.1 Å². The molecule has 1 fully saturated rings. The van der Waals surface area contributed by atoms with Gasteiger partial charge in [0.1, 0.15) is 0 Å². The average molecular weight is 303 g/mol. The van der Waals surface area contributed by atoms with Crippen LogP contribution in [0, 0.1) is 5.92 Å². The Balaban J connectivity index is 1.96. The number of hydrogen-bond donors (Lipinski definition) is 0. The highest BCUT2D eigenvalue weighted by Gasteiger charge is 2.31. The van der Waals surface area contributed by atoms with Crippen molar-refractivity contribution in [1.82, 2.24) is 4.31 Å². The van der Waals surface area contributed by atoms with Gasteiger partial charge in [-0.1, -0.05) is 37.3 Å². The SMILES string of the molecule is CCCN(CC1CC1)S(=O)(=O)c1ccc2ccccc2c1. The van der Waals surface area contributed by atoms with E-state index in [2.05, 4.69) is 0 Å². The van der Waals surface area contributed by atoms with Crippen LogP contribution in [0.15, 0.2) is 47.4 Å². The second-order valence-corrected chi connectivity index (χ2v) is 7.75. The zero-order valence-electron chi connectivity index (χ0n) is 12.3. The van der Waals surface area contributed by atoms with Gasteiger partial charge in [-0.2, -0.15) is 4.31 Å². The highest BCUT2D eigenvalue weighted by molar-refractivity contribution is 7.89. The predicted molar refractivity (Wildman–Crippen MR) is 85.7 cm³/mol. The van der Waals surface area contributed by atoms with Crippen LogP contribution in [0.5, 0.6) is 0 Å². The van der Waals surface area contributed by atoms with Gasteiger partial charge in [-0.15, -0.1) is 0 Å². The molecular formula is C17H21NO2S. The number of nitrogens with zero attached hydrogens (tertiary/aromatic N) is 1. The van der Waals surface area contributed by atoms with Crippen molar-refractivity contribution in [3.63, 3.8) is 0 Å². The van der Waals surface area contributed by atoms with E-state index in [1.165, 1.54) is 0 Å². The largest absolute Gasteiger partial charge is 0.243 e. The number of hydrogen-bond acceptors (Lipinski definition) is 2. The van der Waals surface area contributed by atoms with Crippen molar-refractivity contribution in [1.29, 1.82) is 0 Å². The Labute approximate surface area is 126 Å². The highest BCUT2D eigenvalue weighted by atomic mass is 32.2. The van der Waals surface area contributed by atoms with Gasteiger partial charge in [0.15, 0.2) is 0 Å². The molecule has 0 amide bonds. The van der Waals surface area contributed by atoms with Gasteiger partial charge < -0.3 is 0 Å². The zero-order valence-corrected chi connectivity index (χ0v) is 13.1. The summed E-state index contributed by atoms with van der Waals surface area (Å²) in [5, 5.41) is 2.04. The molecule has 0 radical (unpaired) electrons. The van der Waals surface area contributed by atoms with Gasteiger partial charge in [0.05, 0.1) is 4.90 Å². The molecule has 112 valence electrons. The molecule has 3 nitrogen and oxygen atoms in total. The van der Waals surface area contributed by atoms with Crippen LogP contribution in [0.4, 0.5) is 0 Å². The summed E-state index contributed by atoms with van der Waals surface area (Å²) in [6, 6.07) is 13.3. The van der Waals surface area contributed by atoms with Crippen LogP contribution < -0.4 is 0 Å². The quantitative estimate of drug-likeness (QED) is 0.817. The molecule has 0 atom stereocenters. The molecule has 2 aromatic carbocycles. The third-order valence-corrected chi connectivity index (χ3v) is 5.85. The van der Waals surface area contributed by atoms with E-state index in [0.717, 1.165) is 30.0 Å². The van der Waals surface area contributed by atoms with Crippen molar-refractivity contribution < 1.29 is 8.42 Å². The molecule has 3 rings (SSSR count). The summed E-state index contributed by atoms with van der Waals surface area (Å²) in [6.45, 7) is 3.30. The third kappa shape index (κ3) is 3.11. The molecule has 2 aromatic rings. The van der Waals surface area contributed by atoms with Crippen LogP contribution >= 0.6 is 0 Å². The second-order valence-electron chi connectivity index (χ2n) is 5.82. The molecular weight excluding hydrogens is 282 g/mol. The van der Waals surface area contributed by atoms with Crippen molar-refractivity contribution in [2.75, 3.05) is 13.1 Å². The van der Waals surface area contributed by atoms with Crippen LogP contribution in [-0.4, -0.2) is 25.8 Å². The highest BCUT2D eigenvalue weighted by Crippen LogP contribution is 2.32. The minimum absolute atomic E-state index is 0.412. The van der Waals surface area contributed by atoms with Gasteiger partial charge in [0, 0.05) is 13.1 Å². The van der Waals surface area contributed by atoms with E-state index >= 15 is 0 Å². The van der Waals surface area contributed by atoms with Crippen LogP contribution in [0.3, 0.4) is 0 Å². The van der Waals surface area contributed by atoms with Gasteiger partial charge in [0.25, 0.3) is 0 Å². The molecule has 1 saturated carbocycles. The van der Waals surface area contributed by atoms with E-state index in [-0.39, 0.29) is 0 Å². The lowest BCUT2D eigenvalue weighted by Gasteiger charge is -2.21. The minimum atomic E-state index is -3.38. The van der Waals surface area contributed by atoms with E-state index < -0.39 is 10.0 Å². The molecule has 0 aliphatic heterocycles. The average Bonchev–Trinajstić information content (AvgIpc) is 3.30. The van der Waals surface area contributed by atoms with Crippen LogP contribution in [0.2, 0.25) is 0 Å². The fourth-order valence-corrected chi connectivity index (χ4v) is 4.27. The maximum Gasteiger partial charge on any atom is 0.243 e. The first kappa shape index (κ1) is 14.5. The number of benzene rings is 2. The predicted octanol–water partition coefficient (Wildman–Crippen LogP) is 3.65. The number of fused-ring (bicyclic) bond motifs is 1. The molecule has 4 heteroatoms. The molecule has 0 heterocycles. The summed E-state index contributed by atoms with van der Waals surface area (Å²) in [5.41, 5.74) is 0. The maximum absolute atomic E-state index is 12.9. The van der Waals surface area contributed by atoms with E-state index in [1.54, 1.807) is 16.4 Å². The Morgan fingerprint density at radius 1 is 1.10 bits per heavy atom. The molecule has 0 saturated heterocycles. The van der Waals surface area contributed by atoms with Crippen molar-refractivity contribution in [3.05, 3.63) is 42.5 Å². The van der Waals surface area contributed by atoms with Gasteiger partial charge >= 0.3 is 0 Å². The Morgan fingerprint density at radius 3 is 2.48 bits per heavy atom.